The predicted octanol–water partition coefficient (Wildman–Crippen LogP) is 3.66. The van der Waals surface area contributed by atoms with Crippen molar-refractivity contribution in [3.05, 3.63) is 46.7 Å². The minimum Gasteiger partial charge on any atom is -0.385 e. The van der Waals surface area contributed by atoms with Gasteiger partial charge in [-0.3, -0.25) is 4.79 Å². The third-order valence-electron chi connectivity index (χ3n) is 3.26. The maximum atomic E-state index is 12.8. The number of hydrogen-bond acceptors (Lipinski definition) is 5. The summed E-state index contributed by atoms with van der Waals surface area (Å²) in [6.07, 6.45) is -1.30. The topological polar surface area (TPSA) is 76.1 Å². The lowest BCUT2D eigenvalue weighted by Gasteiger charge is -2.11. The van der Waals surface area contributed by atoms with Crippen molar-refractivity contribution in [2.45, 2.75) is 12.6 Å². The van der Waals surface area contributed by atoms with Gasteiger partial charge in [0.2, 0.25) is 5.95 Å². The highest BCUT2D eigenvalue weighted by Crippen LogP contribution is 2.34. The molecule has 0 unspecified atom stereocenters. The van der Waals surface area contributed by atoms with Crippen LogP contribution >= 0.6 is 11.6 Å². The van der Waals surface area contributed by atoms with Crippen molar-refractivity contribution in [2.24, 2.45) is 0 Å². The summed E-state index contributed by atoms with van der Waals surface area (Å²) in [5.74, 6) is -0.341. The lowest BCUT2D eigenvalue weighted by atomic mass is 10.2. The monoisotopic (exact) mass is 388 g/mol. The van der Waals surface area contributed by atoms with Gasteiger partial charge in [-0.15, -0.1) is 0 Å². The van der Waals surface area contributed by atoms with Crippen LogP contribution in [0.3, 0.4) is 0 Å². The molecule has 0 bridgehead atoms. The number of amides is 1. The smallest absolute Gasteiger partial charge is 0.385 e. The van der Waals surface area contributed by atoms with Gasteiger partial charge in [0.15, 0.2) is 0 Å². The molecule has 2 N–H and O–H groups in total. The summed E-state index contributed by atoms with van der Waals surface area (Å²) in [6.45, 7) is 0.962. The minimum atomic E-state index is -4.49. The quantitative estimate of drug-likeness (QED) is 0.708. The Labute approximate surface area is 152 Å². The van der Waals surface area contributed by atoms with Crippen LogP contribution < -0.4 is 10.6 Å². The van der Waals surface area contributed by atoms with E-state index >= 15 is 0 Å². The van der Waals surface area contributed by atoms with Gasteiger partial charge in [0, 0.05) is 32.7 Å². The summed E-state index contributed by atoms with van der Waals surface area (Å²) < 4.78 is 43.2. The lowest BCUT2D eigenvalue weighted by Crippen LogP contribution is -2.25. The molecule has 0 saturated heterocycles. The van der Waals surface area contributed by atoms with Gasteiger partial charge in [-0.05, 0) is 24.6 Å². The Morgan fingerprint density at radius 2 is 1.96 bits per heavy atom. The second-order valence-corrected chi connectivity index (χ2v) is 5.62. The van der Waals surface area contributed by atoms with Gasteiger partial charge < -0.3 is 15.4 Å². The van der Waals surface area contributed by atoms with Crippen molar-refractivity contribution in [1.29, 1.82) is 0 Å². The third-order valence-corrected chi connectivity index (χ3v) is 3.59. The molecule has 0 aliphatic carbocycles. The van der Waals surface area contributed by atoms with E-state index in [4.69, 9.17) is 16.3 Å². The van der Waals surface area contributed by atoms with Crippen molar-refractivity contribution in [3.63, 3.8) is 0 Å². The Hall–Kier alpha value is -2.39. The minimum absolute atomic E-state index is 0.0123. The summed E-state index contributed by atoms with van der Waals surface area (Å²) in [5.41, 5.74) is -0.613. The number of halogens is 4. The molecule has 1 amide bonds. The molecule has 1 aromatic heterocycles. The van der Waals surface area contributed by atoms with Crippen molar-refractivity contribution < 1.29 is 22.7 Å². The number of rotatable bonds is 7. The number of carbonyl (C=O) groups excluding carboxylic acids is 1. The van der Waals surface area contributed by atoms with Gasteiger partial charge >= 0.3 is 6.18 Å². The highest BCUT2D eigenvalue weighted by molar-refractivity contribution is 6.33. The highest BCUT2D eigenvalue weighted by Gasteiger charge is 2.31. The van der Waals surface area contributed by atoms with Crippen LogP contribution in [0, 0.1) is 0 Å². The number of aromatic nitrogens is 2. The van der Waals surface area contributed by atoms with Crippen LogP contribution in [0.5, 0.6) is 0 Å². The molecule has 1 heterocycles. The van der Waals surface area contributed by atoms with Crippen molar-refractivity contribution >= 4 is 29.1 Å². The van der Waals surface area contributed by atoms with Crippen LogP contribution in [0.2, 0.25) is 5.02 Å². The maximum absolute atomic E-state index is 12.8. The number of nitrogens with one attached hydrogen (secondary N) is 2. The number of alkyl halides is 3. The molecule has 2 rings (SSSR count). The number of ether oxygens (including phenoxy) is 1. The number of carbonyl (C=O) groups is 1. The molecule has 6 nitrogen and oxygen atoms in total. The largest absolute Gasteiger partial charge is 0.416 e. The summed E-state index contributed by atoms with van der Waals surface area (Å²) in [4.78, 5) is 19.7. The van der Waals surface area contributed by atoms with Crippen molar-refractivity contribution in [3.8, 4) is 0 Å². The third kappa shape index (κ3) is 5.57. The SMILES string of the molecule is COCCCNC(=O)c1cnc(Nc2cc(C(F)(F)F)ccc2Cl)nc1. The van der Waals surface area contributed by atoms with Crippen LogP contribution in [-0.4, -0.2) is 36.1 Å². The zero-order valence-electron chi connectivity index (χ0n) is 13.7. The molecule has 2 aromatic rings. The van der Waals surface area contributed by atoms with E-state index in [-0.39, 0.29) is 28.1 Å². The molecule has 0 spiro atoms. The van der Waals surface area contributed by atoms with E-state index < -0.39 is 11.7 Å². The zero-order chi connectivity index (χ0) is 19.2. The van der Waals surface area contributed by atoms with E-state index in [9.17, 15) is 18.0 Å². The number of hydrogen-bond donors (Lipinski definition) is 2. The molecule has 0 atom stereocenters. The average molecular weight is 389 g/mol. The van der Waals surface area contributed by atoms with Crippen molar-refractivity contribution in [1.82, 2.24) is 15.3 Å². The Bertz CT molecular complexity index is 754. The molecule has 140 valence electrons. The Morgan fingerprint density at radius 1 is 1.27 bits per heavy atom. The lowest BCUT2D eigenvalue weighted by molar-refractivity contribution is -0.137. The van der Waals surface area contributed by atoms with E-state index in [0.717, 1.165) is 18.2 Å². The fraction of sp³-hybridized carbons (Fsp3) is 0.312. The molecular weight excluding hydrogens is 373 g/mol. The molecule has 26 heavy (non-hydrogen) atoms. The van der Waals surface area contributed by atoms with Gasteiger partial charge in [-0.1, -0.05) is 11.6 Å². The molecular formula is C16H16ClF3N4O2. The first-order valence-electron chi connectivity index (χ1n) is 7.54. The van der Waals surface area contributed by atoms with Gasteiger partial charge in [0.25, 0.3) is 5.91 Å². The number of anilines is 2. The van der Waals surface area contributed by atoms with Gasteiger partial charge in [0.1, 0.15) is 0 Å². The zero-order valence-corrected chi connectivity index (χ0v) is 14.5. The molecule has 1 aromatic carbocycles. The van der Waals surface area contributed by atoms with Crippen molar-refractivity contribution in [2.75, 3.05) is 25.6 Å². The average Bonchev–Trinajstić information content (AvgIpc) is 2.60. The van der Waals surface area contributed by atoms with Crippen LogP contribution in [0.15, 0.2) is 30.6 Å². The normalized spacial score (nSPS) is 11.3. The Morgan fingerprint density at radius 3 is 2.58 bits per heavy atom. The second kappa shape index (κ2) is 8.81. The highest BCUT2D eigenvalue weighted by atomic mass is 35.5. The molecule has 0 aliphatic rings. The van der Waals surface area contributed by atoms with Crippen LogP contribution in [0.1, 0.15) is 22.3 Å². The Kier molecular flexibility index (Phi) is 6.76. The van der Waals surface area contributed by atoms with Crippen LogP contribution in [0.4, 0.5) is 24.8 Å². The maximum Gasteiger partial charge on any atom is 0.416 e. The van der Waals surface area contributed by atoms with Crippen LogP contribution in [0.25, 0.3) is 0 Å². The number of methoxy groups -OCH3 is 1. The summed E-state index contributed by atoms with van der Waals surface area (Å²) in [6, 6.07) is 2.88. The first-order valence-corrected chi connectivity index (χ1v) is 7.92. The fourth-order valence-electron chi connectivity index (χ4n) is 1.95. The van der Waals surface area contributed by atoms with Gasteiger partial charge in [-0.25, -0.2) is 9.97 Å². The Balaban J connectivity index is 2.04. The van der Waals surface area contributed by atoms with Gasteiger partial charge in [-0.2, -0.15) is 13.2 Å². The fourth-order valence-corrected chi connectivity index (χ4v) is 2.11. The molecule has 0 fully saturated rings. The molecule has 0 aliphatic heterocycles. The molecule has 0 saturated carbocycles. The van der Waals surface area contributed by atoms with E-state index in [2.05, 4.69) is 20.6 Å². The van der Waals surface area contributed by atoms with Crippen LogP contribution in [-0.2, 0) is 10.9 Å². The summed E-state index contributed by atoms with van der Waals surface area (Å²) in [7, 11) is 1.57. The summed E-state index contributed by atoms with van der Waals surface area (Å²) in [5, 5.41) is 5.36. The molecule has 0 radical (unpaired) electrons. The molecule has 10 heteroatoms. The summed E-state index contributed by atoms with van der Waals surface area (Å²) >= 11 is 5.90. The first kappa shape index (κ1) is 19.9. The van der Waals surface area contributed by atoms with E-state index in [1.807, 2.05) is 0 Å². The second-order valence-electron chi connectivity index (χ2n) is 5.21. The van der Waals surface area contributed by atoms with E-state index in [1.165, 1.54) is 12.4 Å². The van der Waals surface area contributed by atoms with E-state index in [0.29, 0.717) is 19.6 Å². The standard InChI is InChI=1S/C16H16ClF3N4O2/c1-26-6-2-5-21-14(25)10-8-22-15(23-9-10)24-13-7-11(16(18,19)20)3-4-12(13)17/h3-4,7-9H,2,5-6H2,1H3,(H,21,25)(H,22,23,24). The van der Waals surface area contributed by atoms with Gasteiger partial charge in [0.05, 0.1) is 21.8 Å². The number of benzene rings is 1. The first-order chi connectivity index (χ1) is 12.3. The van der Waals surface area contributed by atoms with E-state index in [1.54, 1.807) is 7.11 Å². The predicted molar refractivity (Wildman–Crippen MR) is 90.6 cm³/mol. The number of nitrogens with zero attached hydrogens (tertiary/aromatic N) is 2.